The molecule has 0 radical (unpaired) electrons. The zero-order chi connectivity index (χ0) is 25.6. The number of thioether (sulfide) groups is 1. The molecule has 2 amide bonds. The van der Waals surface area contributed by atoms with E-state index in [1.807, 2.05) is 89.8 Å². The Morgan fingerprint density at radius 3 is 2.11 bits per heavy atom. The summed E-state index contributed by atoms with van der Waals surface area (Å²) in [4.78, 5) is 33.0. The van der Waals surface area contributed by atoms with Crippen LogP contribution in [0.15, 0.2) is 94.6 Å². The van der Waals surface area contributed by atoms with Crippen molar-refractivity contribution in [1.82, 2.24) is 9.88 Å². The minimum atomic E-state index is -0.131. The van der Waals surface area contributed by atoms with Gasteiger partial charge in [0, 0.05) is 55.6 Å². The largest absolute Gasteiger partial charge is 0.431 e. The number of aromatic nitrogens is 1. The maximum atomic E-state index is 12.7. The van der Waals surface area contributed by atoms with E-state index in [0.717, 1.165) is 54.4 Å². The van der Waals surface area contributed by atoms with Crippen molar-refractivity contribution in [3.8, 4) is 22.6 Å². The van der Waals surface area contributed by atoms with Gasteiger partial charge in [0.25, 0.3) is 5.22 Å². The zero-order valence-corrected chi connectivity index (χ0v) is 21.4. The summed E-state index contributed by atoms with van der Waals surface area (Å²) in [6.07, 6.45) is 0. The van der Waals surface area contributed by atoms with E-state index >= 15 is 0 Å². The molecule has 0 unspecified atom stereocenters. The predicted octanol–water partition coefficient (Wildman–Crippen LogP) is 5.41. The van der Waals surface area contributed by atoms with E-state index < -0.39 is 0 Å². The lowest BCUT2D eigenvalue weighted by atomic mass is 10.1. The van der Waals surface area contributed by atoms with Crippen LogP contribution in [0.25, 0.3) is 22.6 Å². The molecule has 37 heavy (non-hydrogen) atoms. The third kappa shape index (κ3) is 6.03. The first-order valence-corrected chi connectivity index (χ1v) is 13.2. The van der Waals surface area contributed by atoms with Gasteiger partial charge in [0.05, 0.1) is 5.75 Å². The molecule has 1 aliphatic heterocycles. The maximum Gasteiger partial charge on any atom is 0.257 e. The molecule has 1 aliphatic rings. The van der Waals surface area contributed by atoms with Gasteiger partial charge in [-0.2, -0.15) is 0 Å². The highest BCUT2D eigenvalue weighted by Crippen LogP contribution is 2.35. The molecule has 0 saturated carbocycles. The van der Waals surface area contributed by atoms with E-state index in [1.54, 1.807) is 6.92 Å². The Balaban J connectivity index is 1.20. The Morgan fingerprint density at radius 2 is 1.49 bits per heavy atom. The van der Waals surface area contributed by atoms with E-state index in [0.29, 0.717) is 11.0 Å². The van der Waals surface area contributed by atoms with Crippen molar-refractivity contribution in [2.75, 3.05) is 42.1 Å². The second-order valence-corrected chi connectivity index (χ2v) is 9.69. The van der Waals surface area contributed by atoms with Crippen molar-refractivity contribution in [1.29, 1.82) is 0 Å². The number of piperazine rings is 1. The van der Waals surface area contributed by atoms with Crippen LogP contribution in [0.1, 0.15) is 6.92 Å². The summed E-state index contributed by atoms with van der Waals surface area (Å²) in [7, 11) is 0. The van der Waals surface area contributed by atoms with Gasteiger partial charge < -0.3 is 19.5 Å². The first kappa shape index (κ1) is 24.6. The topological polar surface area (TPSA) is 78.7 Å². The number of hydrogen-bond acceptors (Lipinski definition) is 6. The van der Waals surface area contributed by atoms with Crippen LogP contribution in [0.4, 0.5) is 11.4 Å². The van der Waals surface area contributed by atoms with Gasteiger partial charge in [-0.05, 0) is 24.3 Å². The number of benzene rings is 3. The van der Waals surface area contributed by atoms with E-state index in [4.69, 9.17) is 9.40 Å². The van der Waals surface area contributed by atoms with Gasteiger partial charge in [0.2, 0.25) is 11.8 Å². The third-order valence-corrected chi connectivity index (χ3v) is 7.09. The third-order valence-electron chi connectivity index (χ3n) is 6.26. The number of hydrogen-bond donors (Lipinski definition) is 1. The van der Waals surface area contributed by atoms with Gasteiger partial charge in [-0.3, -0.25) is 9.59 Å². The Hall–Kier alpha value is -4.04. The fourth-order valence-electron chi connectivity index (χ4n) is 4.30. The molecule has 7 nitrogen and oxygen atoms in total. The van der Waals surface area contributed by atoms with Crippen LogP contribution >= 0.6 is 11.8 Å². The molecule has 1 saturated heterocycles. The molecule has 0 atom stereocenters. The number of oxazole rings is 1. The van der Waals surface area contributed by atoms with Crippen LogP contribution < -0.4 is 10.2 Å². The molecule has 1 aromatic heterocycles. The second-order valence-electron chi connectivity index (χ2n) is 8.77. The Labute approximate surface area is 220 Å². The molecule has 5 rings (SSSR count). The number of nitrogens with one attached hydrogen (secondary N) is 1. The summed E-state index contributed by atoms with van der Waals surface area (Å²) >= 11 is 1.27. The van der Waals surface area contributed by atoms with Crippen LogP contribution in [-0.4, -0.2) is 53.6 Å². The maximum absolute atomic E-state index is 12.7. The summed E-state index contributed by atoms with van der Waals surface area (Å²) in [6.45, 7) is 4.66. The molecule has 1 N–H and O–H groups in total. The molecule has 3 aromatic carbocycles. The highest BCUT2D eigenvalue weighted by Gasteiger charge is 2.20. The van der Waals surface area contributed by atoms with E-state index in [-0.39, 0.29) is 17.6 Å². The lowest BCUT2D eigenvalue weighted by Crippen LogP contribution is -2.48. The Morgan fingerprint density at radius 1 is 0.865 bits per heavy atom. The molecule has 4 aromatic rings. The van der Waals surface area contributed by atoms with Crippen LogP contribution in [0, 0.1) is 0 Å². The first-order valence-electron chi connectivity index (χ1n) is 12.2. The summed E-state index contributed by atoms with van der Waals surface area (Å²) in [5.74, 6) is 0.855. The molecule has 0 spiro atoms. The predicted molar refractivity (Wildman–Crippen MR) is 148 cm³/mol. The van der Waals surface area contributed by atoms with Crippen molar-refractivity contribution in [3.63, 3.8) is 0 Å². The number of anilines is 2. The summed E-state index contributed by atoms with van der Waals surface area (Å²) in [6, 6.07) is 27.6. The number of nitrogens with zero attached hydrogens (tertiary/aromatic N) is 3. The van der Waals surface area contributed by atoms with Gasteiger partial charge in [0.15, 0.2) is 5.76 Å². The van der Waals surface area contributed by atoms with E-state index in [2.05, 4.69) is 10.2 Å². The molecular weight excluding hydrogens is 484 g/mol. The second kappa shape index (κ2) is 11.3. The molecule has 0 aliphatic carbocycles. The average molecular weight is 513 g/mol. The Bertz CT molecular complexity index is 1290. The standard InChI is InChI=1S/C29H28N4O3S/c1-21(34)32-16-18-33(19-17-32)25-14-12-24(13-15-25)30-26(35)20-37-29-31-27(22-8-4-2-5-9-22)28(36-29)23-10-6-3-7-11-23/h2-15H,16-20H2,1H3,(H,30,35). The number of carbonyl (C=O) groups excluding carboxylic acids is 2. The zero-order valence-electron chi connectivity index (χ0n) is 20.6. The normalized spacial score (nSPS) is 13.4. The minimum absolute atomic E-state index is 0.118. The smallest absolute Gasteiger partial charge is 0.257 e. The average Bonchev–Trinajstić information content (AvgIpc) is 3.38. The molecule has 188 valence electrons. The van der Waals surface area contributed by atoms with Crippen molar-refractivity contribution in [2.24, 2.45) is 0 Å². The number of rotatable bonds is 7. The van der Waals surface area contributed by atoms with Crippen molar-refractivity contribution >= 4 is 35.0 Å². The van der Waals surface area contributed by atoms with E-state index in [1.165, 1.54) is 11.8 Å². The van der Waals surface area contributed by atoms with E-state index in [9.17, 15) is 9.59 Å². The van der Waals surface area contributed by atoms with Crippen LogP contribution in [-0.2, 0) is 9.59 Å². The summed E-state index contributed by atoms with van der Waals surface area (Å²) in [5, 5.41) is 3.40. The summed E-state index contributed by atoms with van der Waals surface area (Å²) < 4.78 is 6.10. The van der Waals surface area contributed by atoms with Gasteiger partial charge in [-0.15, -0.1) is 0 Å². The highest BCUT2D eigenvalue weighted by atomic mass is 32.2. The molecule has 1 fully saturated rings. The molecule has 2 heterocycles. The lowest BCUT2D eigenvalue weighted by Gasteiger charge is -2.35. The molecular formula is C29H28N4O3S. The van der Waals surface area contributed by atoms with Gasteiger partial charge in [-0.1, -0.05) is 72.4 Å². The highest BCUT2D eigenvalue weighted by molar-refractivity contribution is 7.99. The SMILES string of the molecule is CC(=O)N1CCN(c2ccc(NC(=O)CSc3nc(-c4ccccc4)c(-c4ccccc4)o3)cc2)CC1. The summed E-state index contributed by atoms with van der Waals surface area (Å²) in [5.41, 5.74) is 4.47. The fourth-order valence-corrected chi connectivity index (χ4v) is 4.92. The quantitative estimate of drug-likeness (QED) is 0.334. The molecule has 8 heteroatoms. The van der Waals surface area contributed by atoms with Gasteiger partial charge in [0.1, 0.15) is 5.69 Å². The monoisotopic (exact) mass is 512 g/mol. The minimum Gasteiger partial charge on any atom is -0.431 e. The van der Waals surface area contributed by atoms with Gasteiger partial charge in [-0.25, -0.2) is 4.98 Å². The number of amides is 2. The van der Waals surface area contributed by atoms with Crippen molar-refractivity contribution in [2.45, 2.75) is 12.1 Å². The van der Waals surface area contributed by atoms with Crippen LogP contribution in [0.3, 0.4) is 0 Å². The van der Waals surface area contributed by atoms with Crippen molar-refractivity contribution < 1.29 is 14.0 Å². The fraction of sp³-hybridized carbons (Fsp3) is 0.207. The van der Waals surface area contributed by atoms with Crippen LogP contribution in [0.5, 0.6) is 0 Å². The lowest BCUT2D eigenvalue weighted by molar-refractivity contribution is -0.129. The first-order chi connectivity index (χ1) is 18.1. The number of carbonyl (C=O) groups is 2. The molecule has 0 bridgehead atoms. The van der Waals surface area contributed by atoms with Gasteiger partial charge >= 0.3 is 0 Å². The van der Waals surface area contributed by atoms with Crippen LogP contribution in [0.2, 0.25) is 0 Å². The Kier molecular flexibility index (Phi) is 7.56. The van der Waals surface area contributed by atoms with Crippen molar-refractivity contribution in [3.05, 3.63) is 84.9 Å².